The van der Waals surface area contributed by atoms with Crippen LogP contribution in [0.1, 0.15) is 22.6 Å². The van der Waals surface area contributed by atoms with E-state index in [1.54, 1.807) is 12.1 Å². The lowest BCUT2D eigenvalue weighted by Crippen LogP contribution is -2.13. The van der Waals surface area contributed by atoms with Crippen LogP contribution in [0, 0.1) is 0 Å². The second kappa shape index (κ2) is 9.39. The lowest BCUT2D eigenvalue weighted by molar-refractivity contribution is 0.456. The maximum Gasteiger partial charge on any atom is 0.132 e. The molecule has 7 aromatic carbocycles. The van der Waals surface area contributed by atoms with Gasteiger partial charge in [0, 0.05) is 17.0 Å². The summed E-state index contributed by atoms with van der Waals surface area (Å²) in [6.07, 6.45) is 0. The van der Waals surface area contributed by atoms with Gasteiger partial charge < -0.3 is 9.84 Å². The Balaban J connectivity index is 1.25. The van der Waals surface area contributed by atoms with Gasteiger partial charge in [0.2, 0.25) is 0 Å². The van der Waals surface area contributed by atoms with Crippen LogP contribution in [0.3, 0.4) is 0 Å². The summed E-state index contributed by atoms with van der Waals surface area (Å²) in [5.41, 5.74) is 8.24. The summed E-state index contributed by atoms with van der Waals surface area (Å²) in [6, 6.07) is 50.7. The summed E-state index contributed by atoms with van der Waals surface area (Å²) in [5.74, 6) is 2.16. The van der Waals surface area contributed by atoms with Gasteiger partial charge in [0.25, 0.3) is 0 Å². The highest BCUT2D eigenvalue weighted by molar-refractivity contribution is 5.95. The first kappa shape index (κ1) is 23.5. The van der Waals surface area contributed by atoms with Gasteiger partial charge in [-0.1, -0.05) is 121 Å². The van der Waals surface area contributed by atoms with E-state index in [1.165, 1.54) is 49.4 Å². The Morgan fingerprint density at radius 1 is 0.415 bits per heavy atom. The molecule has 194 valence electrons. The van der Waals surface area contributed by atoms with Crippen LogP contribution in [0.15, 0.2) is 146 Å². The number of ether oxygens (including phenoxy) is 1. The third kappa shape index (κ3) is 3.96. The number of hydrogen-bond donors (Lipinski definition) is 1. The Kier molecular flexibility index (Phi) is 5.39. The van der Waals surface area contributed by atoms with Crippen molar-refractivity contribution in [2.75, 3.05) is 0 Å². The van der Waals surface area contributed by atoms with Crippen molar-refractivity contribution in [2.45, 2.75) is 5.92 Å². The minimum atomic E-state index is 0.0388. The monoisotopic (exact) mass is 526 g/mol. The van der Waals surface area contributed by atoms with Crippen LogP contribution in [-0.4, -0.2) is 5.11 Å². The number of phenolic OH excluding ortho intramolecular Hbond substituents is 1. The fourth-order valence-corrected chi connectivity index (χ4v) is 6.30. The van der Waals surface area contributed by atoms with Crippen molar-refractivity contribution in [1.82, 2.24) is 0 Å². The SMILES string of the molecule is Oc1ccc(-c2ccc(-c3ccc(C4c5c(ccc6ccccc56)Oc5ccc6ccccc6c54)cc3)cc2)cc1. The van der Waals surface area contributed by atoms with Gasteiger partial charge in [-0.15, -0.1) is 0 Å². The average Bonchev–Trinajstić information content (AvgIpc) is 3.04. The molecule has 1 heterocycles. The van der Waals surface area contributed by atoms with Crippen LogP contribution in [0.2, 0.25) is 0 Å². The fraction of sp³-hybridized carbons (Fsp3) is 0.0256. The Morgan fingerprint density at radius 3 is 1.32 bits per heavy atom. The van der Waals surface area contributed by atoms with E-state index in [1.807, 2.05) is 12.1 Å². The van der Waals surface area contributed by atoms with Gasteiger partial charge in [-0.05, 0) is 73.6 Å². The van der Waals surface area contributed by atoms with Crippen molar-refractivity contribution in [3.8, 4) is 39.5 Å². The molecular weight excluding hydrogens is 500 g/mol. The van der Waals surface area contributed by atoms with Gasteiger partial charge in [0.15, 0.2) is 0 Å². The largest absolute Gasteiger partial charge is 0.508 e. The fourth-order valence-electron chi connectivity index (χ4n) is 6.30. The smallest absolute Gasteiger partial charge is 0.132 e. The topological polar surface area (TPSA) is 29.5 Å². The maximum atomic E-state index is 9.62. The highest BCUT2D eigenvalue weighted by Gasteiger charge is 2.32. The minimum absolute atomic E-state index is 0.0388. The Hall–Kier alpha value is -5.34. The van der Waals surface area contributed by atoms with Gasteiger partial charge in [0.05, 0.1) is 0 Å². The number of aromatic hydroxyl groups is 1. The number of fused-ring (bicyclic) bond motifs is 6. The molecule has 1 N–H and O–H groups in total. The summed E-state index contributed by atoms with van der Waals surface area (Å²) in [7, 11) is 0. The van der Waals surface area contributed by atoms with E-state index < -0.39 is 0 Å². The summed E-state index contributed by atoms with van der Waals surface area (Å²) in [6.45, 7) is 0. The molecule has 1 aliphatic heterocycles. The summed E-state index contributed by atoms with van der Waals surface area (Å²) >= 11 is 0. The molecule has 0 atom stereocenters. The van der Waals surface area contributed by atoms with Gasteiger partial charge in [0.1, 0.15) is 17.2 Å². The van der Waals surface area contributed by atoms with Gasteiger partial charge >= 0.3 is 0 Å². The number of benzene rings is 7. The van der Waals surface area contributed by atoms with E-state index >= 15 is 0 Å². The number of phenols is 1. The molecule has 1 aliphatic rings. The Labute approximate surface area is 238 Å². The third-order valence-electron chi connectivity index (χ3n) is 8.32. The summed E-state index contributed by atoms with van der Waals surface area (Å²) in [5, 5.41) is 14.5. The van der Waals surface area contributed by atoms with Crippen LogP contribution in [0.5, 0.6) is 17.2 Å². The Morgan fingerprint density at radius 2 is 0.829 bits per heavy atom. The normalized spacial score (nSPS) is 12.6. The molecule has 41 heavy (non-hydrogen) atoms. The van der Waals surface area contributed by atoms with E-state index in [0.29, 0.717) is 0 Å². The van der Waals surface area contributed by atoms with Crippen molar-refractivity contribution in [2.24, 2.45) is 0 Å². The van der Waals surface area contributed by atoms with Crippen LogP contribution >= 0.6 is 0 Å². The molecule has 2 nitrogen and oxygen atoms in total. The van der Waals surface area contributed by atoms with E-state index in [4.69, 9.17) is 4.74 Å². The van der Waals surface area contributed by atoms with Crippen molar-refractivity contribution in [1.29, 1.82) is 0 Å². The van der Waals surface area contributed by atoms with E-state index in [0.717, 1.165) is 22.6 Å². The van der Waals surface area contributed by atoms with Gasteiger partial charge in [-0.2, -0.15) is 0 Å². The van der Waals surface area contributed by atoms with Crippen LogP contribution in [0.25, 0.3) is 43.8 Å². The molecule has 0 fully saturated rings. The van der Waals surface area contributed by atoms with Crippen molar-refractivity contribution >= 4 is 21.5 Å². The molecule has 0 aliphatic carbocycles. The van der Waals surface area contributed by atoms with Crippen LogP contribution < -0.4 is 4.74 Å². The van der Waals surface area contributed by atoms with Crippen molar-refractivity contribution < 1.29 is 9.84 Å². The highest BCUT2D eigenvalue weighted by atomic mass is 16.5. The minimum Gasteiger partial charge on any atom is -0.508 e. The zero-order valence-corrected chi connectivity index (χ0v) is 22.3. The molecule has 8 rings (SSSR count). The van der Waals surface area contributed by atoms with Crippen LogP contribution in [-0.2, 0) is 0 Å². The molecule has 7 aromatic rings. The first-order chi connectivity index (χ1) is 20.2. The summed E-state index contributed by atoms with van der Waals surface area (Å²) < 4.78 is 6.58. The van der Waals surface area contributed by atoms with Gasteiger partial charge in [-0.3, -0.25) is 0 Å². The predicted octanol–water partition coefficient (Wildman–Crippen LogP) is 10.3. The van der Waals surface area contributed by atoms with E-state index in [2.05, 4.69) is 121 Å². The first-order valence-electron chi connectivity index (χ1n) is 13.9. The Bertz CT molecular complexity index is 1970. The standard InChI is InChI=1S/C39H26O2/c40-32-21-17-28(18-22-32)26-11-9-25(10-12-26)27-13-15-31(16-14-27)37-38-33-7-3-1-5-29(33)19-23-35(38)41-36-24-20-30-6-2-4-8-34(30)39(36)37/h1-24,37,40H. The molecule has 0 radical (unpaired) electrons. The van der Waals surface area contributed by atoms with Crippen molar-refractivity contribution in [3.63, 3.8) is 0 Å². The maximum absolute atomic E-state index is 9.62. The summed E-state index contributed by atoms with van der Waals surface area (Å²) in [4.78, 5) is 0. The average molecular weight is 527 g/mol. The zero-order valence-electron chi connectivity index (χ0n) is 22.3. The van der Waals surface area contributed by atoms with E-state index in [-0.39, 0.29) is 11.7 Å². The third-order valence-corrected chi connectivity index (χ3v) is 8.32. The first-order valence-corrected chi connectivity index (χ1v) is 13.9. The molecule has 0 spiro atoms. The second-order valence-corrected chi connectivity index (χ2v) is 10.7. The molecule has 0 saturated carbocycles. The molecule has 0 unspecified atom stereocenters. The number of hydrogen-bond acceptors (Lipinski definition) is 2. The molecule has 2 heteroatoms. The number of rotatable bonds is 3. The second-order valence-electron chi connectivity index (χ2n) is 10.7. The lowest BCUT2D eigenvalue weighted by atomic mass is 9.78. The quantitative estimate of drug-likeness (QED) is 0.248. The van der Waals surface area contributed by atoms with Gasteiger partial charge in [-0.25, -0.2) is 0 Å². The zero-order chi connectivity index (χ0) is 27.3. The van der Waals surface area contributed by atoms with Crippen molar-refractivity contribution in [3.05, 3.63) is 162 Å². The predicted molar refractivity (Wildman–Crippen MR) is 168 cm³/mol. The van der Waals surface area contributed by atoms with Crippen LogP contribution in [0.4, 0.5) is 0 Å². The molecular formula is C39H26O2. The molecule has 0 aromatic heterocycles. The molecule has 0 amide bonds. The van der Waals surface area contributed by atoms with E-state index in [9.17, 15) is 5.11 Å². The lowest BCUT2D eigenvalue weighted by Gasteiger charge is -2.31. The molecule has 0 saturated heterocycles. The highest BCUT2D eigenvalue weighted by Crippen LogP contribution is 2.52. The molecule has 0 bridgehead atoms.